The summed E-state index contributed by atoms with van der Waals surface area (Å²) in [6, 6.07) is 22.3. The Kier molecular flexibility index (Phi) is 6.45. The van der Waals surface area contributed by atoms with Crippen LogP contribution < -0.4 is 4.74 Å². The van der Waals surface area contributed by atoms with E-state index in [-0.39, 0.29) is 11.7 Å². The molecule has 5 rings (SSSR count). The summed E-state index contributed by atoms with van der Waals surface area (Å²) in [5.74, 6) is 0.901. The van der Waals surface area contributed by atoms with E-state index in [4.69, 9.17) is 4.74 Å². The molecular weight excluding hydrogens is 449 g/mol. The number of fused-ring (bicyclic) bond motifs is 1. The fraction of sp³-hybridized carbons (Fsp3) is 0.222. The summed E-state index contributed by atoms with van der Waals surface area (Å²) in [6.45, 7) is 0.587. The molecule has 4 aromatic rings. The monoisotopic (exact) mass is 473 g/mol. The number of amides is 1. The van der Waals surface area contributed by atoms with Gasteiger partial charge in [0.25, 0.3) is 0 Å². The average molecular weight is 474 g/mol. The van der Waals surface area contributed by atoms with Crippen molar-refractivity contribution in [2.75, 3.05) is 12.9 Å². The first-order valence-electron chi connectivity index (χ1n) is 11.2. The first kappa shape index (κ1) is 22.3. The Labute approximate surface area is 202 Å². The lowest BCUT2D eigenvalue weighted by molar-refractivity contribution is -0.129. The van der Waals surface area contributed by atoms with Gasteiger partial charge in [0, 0.05) is 28.9 Å². The molecule has 3 aromatic carbocycles. The zero-order valence-electron chi connectivity index (χ0n) is 18.8. The number of thioether (sulfide) groups is 1. The Morgan fingerprint density at radius 1 is 1.00 bits per heavy atom. The van der Waals surface area contributed by atoms with Gasteiger partial charge in [0.1, 0.15) is 22.3 Å². The number of hydrogen-bond acceptors (Lipinski definition) is 5. The second kappa shape index (κ2) is 9.81. The van der Waals surface area contributed by atoms with Crippen LogP contribution >= 0.6 is 11.8 Å². The molecule has 0 radical (unpaired) electrons. The van der Waals surface area contributed by atoms with Crippen LogP contribution in [0.5, 0.6) is 5.75 Å². The first-order valence-corrected chi connectivity index (χ1v) is 12.2. The maximum Gasteiger partial charge on any atom is 0.233 e. The highest BCUT2D eigenvalue weighted by atomic mass is 32.2. The number of methoxy groups -OCH3 is 1. The molecule has 1 fully saturated rings. The minimum absolute atomic E-state index is 0.0943. The molecule has 1 aliphatic carbocycles. The van der Waals surface area contributed by atoms with Crippen molar-refractivity contribution in [2.24, 2.45) is 0 Å². The minimum atomic E-state index is -0.290. The van der Waals surface area contributed by atoms with Crippen molar-refractivity contribution in [1.82, 2.24) is 15.1 Å². The molecule has 0 aliphatic heterocycles. The molecule has 0 atom stereocenters. The summed E-state index contributed by atoms with van der Waals surface area (Å²) in [4.78, 5) is 15.1. The van der Waals surface area contributed by atoms with E-state index >= 15 is 0 Å². The van der Waals surface area contributed by atoms with Gasteiger partial charge in [0.2, 0.25) is 5.91 Å². The van der Waals surface area contributed by atoms with E-state index in [1.54, 1.807) is 19.2 Å². The molecule has 0 bridgehead atoms. The number of ether oxygens (including phenoxy) is 1. The molecule has 1 aromatic heterocycles. The smallest absolute Gasteiger partial charge is 0.233 e. The highest BCUT2D eigenvalue weighted by Crippen LogP contribution is 2.33. The molecule has 0 N–H and O–H groups in total. The SMILES string of the molecule is COc1ccc(CN(C(=O)CSc2nnc(-c3ccc(F)cc3)c3ccccc23)C2CC2)cc1. The van der Waals surface area contributed by atoms with Crippen LogP contribution in [-0.4, -0.2) is 39.9 Å². The molecule has 1 aliphatic rings. The van der Waals surface area contributed by atoms with Gasteiger partial charge in [0.15, 0.2) is 0 Å². The molecule has 172 valence electrons. The van der Waals surface area contributed by atoms with Crippen molar-refractivity contribution < 1.29 is 13.9 Å². The topological polar surface area (TPSA) is 55.3 Å². The van der Waals surface area contributed by atoms with Gasteiger partial charge >= 0.3 is 0 Å². The molecule has 0 saturated heterocycles. The van der Waals surface area contributed by atoms with E-state index < -0.39 is 0 Å². The van der Waals surface area contributed by atoms with Crippen LogP contribution in [0.25, 0.3) is 22.0 Å². The summed E-state index contributed by atoms with van der Waals surface area (Å²) >= 11 is 1.41. The van der Waals surface area contributed by atoms with E-state index in [9.17, 15) is 9.18 Å². The van der Waals surface area contributed by atoms with Crippen molar-refractivity contribution in [3.05, 3.63) is 84.2 Å². The quantitative estimate of drug-likeness (QED) is 0.306. The van der Waals surface area contributed by atoms with Gasteiger partial charge in [0.05, 0.1) is 12.9 Å². The number of nitrogens with zero attached hydrogens (tertiary/aromatic N) is 3. The average Bonchev–Trinajstić information content (AvgIpc) is 3.72. The molecule has 1 heterocycles. The van der Waals surface area contributed by atoms with Crippen LogP contribution in [0.2, 0.25) is 0 Å². The molecule has 0 unspecified atom stereocenters. The van der Waals surface area contributed by atoms with E-state index in [0.717, 1.165) is 45.5 Å². The molecule has 0 spiro atoms. The minimum Gasteiger partial charge on any atom is -0.497 e. The summed E-state index contributed by atoms with van der Waals surface area (Å²) in [7, 11) is 1.64. The number of carbonyl (C=O) groups excluding carboxylic acids is 1. The predicted octanol–water partition coefficient (Wildman–Crippen LogP) is 5.73. The molecule has 7 heteroatoms. The number of benzene rings is 3. The van der Waals surface area contributed by atoms with Gasteiger partial charge in [-0.15, -0.1) is 10.2 Å². The van der Waals surface area contributed by atoms with Crippen LogP contribution in [0, 0.1) is 5.82 Å². The van der Waals surface area contributed by atoms with Crippen LogP contribution in [0.1, 0.15) is 18.4 Å². The zero-order chi connectivity index (χ0) is 23.5. The molecule has 5 nitrogen and oxygen atoms in total. The fourth-order valence-corrected chi connectivity index (χ4v) is 4.81. The van der Waals surface area contributed by atoms with Gasteiger partial charge < -0.3 is 9.64 Å². The third-order valence-corrected chi connectivity index (χ3v) is 6.89. The molecule has 1 saturated carbocycles. The third kappa shape index (κ3) is 4.89. The van der Waals surface area contributed by atoms with Gasteiger partial charge in [-0.05, 0) is 54.8 Å². The van der Waals surface area contributed by atoms with Gasteiger partial charge in [-0.3, -0.25) is 4.79 Å². The second-order valence-corrected chi connectivity index (χ2v) is 9.26. The van der Waals surface area contributed by atoms with Crippen molar-refractivity contribution in [3.8, 4) is 17.0 Å². The van der Waals surface area contributed by atoms with E-state index in [0.29, 0.717) is 24.0 Å². The van der Waals surface area contributed by atoms with Crippen molar-refractivity contribution in [2.45, 2.75) is 30.5 Å². The highest BCUT2D eigenvalue weighted by Gasteiger charge is 2.32. The number of aromatic nitrogens is 2. The van der Waals surface area contributed by atoms with Gasteiger partial charge in [-0.2, -0.15) is 0 Å². The van der Waals surface area contributed by atoms with E-state index in [1.807, 2.05) is 53.4 Å². The van der Waals surface area contributed by atoms with Crippen LogP contribution in [0.4, 0.5) is 4.39 Å². The van der Waals surface area contributed by atoms with Crippen molar-refractivity contribution in [3.63, 3.8) is 0 Å². The Morgan fingerprint density at radius 2 is 1.71 bits per heavy atom. The Hall–Kier alpha value is -3.45. The normalized spacial score (nSPS) is 13.1. The maximum atomic E-state index is 13.4. The summed E-state index contributed by atoms with van der Waals surface area (Å²) in [6.07, 6.45) is 2.09. The second-order valence-electron chi connectivity index (χ2n) is 8.30. The largest absolute Gasteiger partial charge is 0.497 e. The van der Waals surface area contributed by atoms with Crippen LogP contribution in [0.3, 0.4) is 0 Å². The summed E-state index contributed by atoms with van der Waals surface area (Å²) in [5, 5.41) is 11.4. The summed E-state index contributed by atoms with van der Waals surface area (Å²) in [5.41, 5.74) is 2.59. The number of carbonyl (C=O) groups is 1. The third-order valence-electron chi connectivity index (χ3n) is 5.92. The molecule has 34 heavy (non-hydrogen) atoms. The lowest BCUT2D eigenvalue weighted by Gasteiger charge is -2.22. The molecule has 1 amide bonds. The predicted molar refractivity (Wildman–Crippen MR) is 132 cm³/mol. The van der Waals surface area contributed by atoms with Crippen molar-refractivity contribution >= 4 is 28.4 Å². The lowest BCUT2D eigenvalue weighted by atomic mass is 10.1. The maximum absolute atomic E-state index is 13.4. The highest BCUT2D eigenvalue weighted by molar-refractivity contribution is 8.00. The lowest BCUT2D eigenvalue weighted by Crippen LogP contribution is -2.34. The number of rotatable bonds is 8. The van der Waals surface area contributed by atoms with Gasteiger partial charge in [-0.25, -0.2) is 4.39 Å². The Balaban J connectivity index is 1.34. The van der Waals surface area contributed by atoms with Gasteiger partial charge in [-0.1, -0.05) is 48.2 Å². The molecular formula is C27H24FN3O2S. The zero-order valence-corrected chi connectivity index (χ0v) is 19.6. The Bertz CT molecular complexity index is 1310. The number of hydrogen-bond donors (Lipinski definition) is 0. The Morgan fingerprint density at radius 3 is 2.38 bits per heavy atom. The van der Waals surface area contributed by atoms with E-state index in [1.165, 1.54) is 23.9 Å². The fourth-order valence-electron chi connectivity index (χ4n) is 3.95. The first-order chi connectivity index (χ1) is 16.6. The van der Waals surface area contributed by atoms with E-state index in [2.05, 4.69) is 10.2 Å². The number of halogens is 1. The van der Waals surface area contributed by atoms with Crippen LogP contribution in [0.15, 0.2) is 77.8 Å². The van der Waals surface area contributed by atoms with Crippen molar-refractivity contribution in [1.29, 1.82) is 0 Å². The summed E-state index contributed by atoms with van der Waals surface area (Å²) < 4.78 is 18.6. The standard InChI is InChI=1S/C27H24FN3O2S/c1-33-22-14-6-18(7-15-22)16-31(21-12-13-21)25(32)17-34-27-24-5-3-2-4-23(24)26(29-30-27)19-8-10-20(28)11-9-19/h2-11,14-15,21H,12-13,16-17H2,1H3. The van der Waals surface area contributed by atoms with Crippen LogP contribution in [-0.2, 0) is 11.3 Å².